The van der Waals surface area contributed by atoms with Gasteiger partial charge in [-0.05, 0) is 30.2 Å². The van der Waals surface area contributed by atoms with E-state index in [4.69, 9.17) is 9.47 Å². The molecular formula is C23H23N3O4S. The Morgan fingerprint density at radius 3 is 2.68 bits per heavy atom. The van der Waals surface area contributed by atoms with Gasteiger partial charge >= 0.3 is 0 Å². The van der Waals surface area contributed by atoms with Crippen molar-refractivity contribution in [2.75, 3.05) is 19.0 Å². The molecule has 0 unspecified atom stereocenters. The summed E-state index contributed by atoms with van der Waals surface area (Å²) in [5.41, 5.74) is 2.13. The van der Waals surface area contributed by atoms with Crippen molar-refractivity contribution < 1.29 is 14.3 Å². The van der Waals surface area contributed by atoms with E-state index in [1.165, 1.54) is 11.8 Å². The third-order valence-electron chi connectivity index (χ3n) is 5.04. The molecule has 1 aliphatic heterocycles. The molecule has 0 radical (unpaired) electrons. The second-order valence-corrected chi connectivity index (χ2v) is 8.02. The highest BCUT2D eigenvalue weighted by atomic mass is 32.2. The fourth-order valence-electron chi connectivity index (χ4n) is 3.61. The van der Waals surface area contributed by atoms with Crippen LogP contribution in [-0.2, 0) is 10.5 Å². The Bertz CT molecular complexity index is 1150. The van der Waals surface area contributed by atoms with Crippen molar-refractivity contribution >= 4 is 23.5 Å². The standard InChI is InChI=1S/C23H23N3O4S/c1-3-30-18-11-15(9-10-17(18)29-2)16-12-19(27)24-21-20(16)22(28)26-23(25-21)31-13-14-7-5-4-6-8-14/h4-11,16H,3,12-13H2,1-2H3,(H2,24,25,26,27,28)/t16-/m0/s1. The predicted octanol–water partition coefficient (Wildman–Crippen LogP) is 3.94. The number of hydrogen-bond acceptors (Lipinski definition) is 6. The number of hydrogen-bond donors (Lipinski definition) is 2. The van der Waals surface area contributed by atoms with Crippen LogP contribution in [-0.4, -0.2) is 29.6 Å². The minimum Gasteiger partial charge on any atom is -0.493 e. The highest BCUT2D eigenvalue weighted by Crippen LogP contribution is 2.38. The minimum atomic E-state index is -0.418. The predicted molar refractivity (Wildman–Crippen MR) is 120 cm³/mol. The molecule has 0 saturated heterocycles. The molecule has 0 aliphatic carbocycles. The fraction of sp³-hybridized carbons (Fsp3) is 0.261. The highest BCUT2D eigenvalue weighted by molar-refractivity contribution is 7.98. The van der Waals surface area contributed by atoms with Crippen molar-refractivity contribution in [1.82, 2.24) is 9.97 Å². The van der Waals surface area contributed by atoms with Gasteiger partial charge in [-0.2, -0.15) is 0 Å². The lowest BCUT2D eigenvalue weighted by Crippen LogP contribution is -2.31. The molecule has 1 aliphatic rings. The maximum Gasteiger partial charge on any atom is 0.257 e. The Hall–Kier alpha value is -3.26. The third kappa shape index (κ3) is 4.59. The summed E-state index contributed by atoms with van der Waals surface area (Å²) in [7, 11) is 1.57. The zero-order valence-electron chi connectivity index (χ0n) is 17.3. The zero-order chi connectivity index (χ0) is 21.8. The monoisotopic (exact) mass is 437 g/mol. The lowest BCUT2D eigenvalue weighted by atomic mass is 9.86. The van der Waals surface area contributed by atoms with E-state index in [1.807, 2.05) is 49.4 Å². The first kappa shape index (κ1) is 21.0. The summed E-state index contributed by atoms with van der Waals surface area (Å²) in [5.74, 6) is 1.56. The Morgan fingerprint density at radius 1 is 1.13 bits per heavy atom. The second kappa shape index (κ2) is 9.26. The van der Waals surface area contributed by atoms with Gasteiger partial charge in [0, 0.05) is 18.1 Å². The number of methoxy groups -OCH3 is 1. The molecule has 1 amide bonds. The van der Waals surface area contributed by atoms with Crippen molar-refractivity contribution in [3.8, 4) is 11.5 Å². The number of carbonyl (C=O) groups excluding carboxylic acids is 1. The smallest absolute Gasteiger partial charge is 0.257 e. The van der Waals surface area contributed by atoms with Crippen LogP contribution in [0, 0.1) is 0 Å². The number of aromatic nitrogens is 2. The van der Waals surface area contributed by atoms with Crippen molar-refractivity contribution in [1.29, 1.82) is 0 Å². The molecule has 7 nitrogen and oxygen atoms in total. The summed E-state index contributed by atoms with van der Waals surface area (Å²) < 4.78 is 11.0. The maximum atomic E-state index is 13.0. The van der Waals surface area contributed by atoms with E-state index >= 15 is 0 Å². The van der Waals surface area contributed by atoms with Gasteiger partial charge in [0.05, 0.1) is 19.3 Å². The van der Waals surface area contributed by atoms with Gasteiger partial charge in [-0.25, -0.2) is 4.98 Å². The van der Waals surface area contributed by atoms with E-state index in [0.717, 1.165) is 11.1 Å². The number of ether oxygens (including phenoxy) is 2. The Kier molecular flexibility index (Phi) is 6.27. The molecule has 4 rings (SSSR count). The van der Waals surface area contributed by atoms with E-state index in [-0.39, 0.29) is 17.9 Å². The van der Waals surface area contributed by atoms with Crippen LogP contribution in [0.15, 0.2) is 58.5 Å². The summed E-state index contributed by atoms with van der Waals surface area (Å²) in [5, 5.41) is 3.23. The molecule has 0 saturated carbocycles. The van der Waals surface area contributed by atoms with Crippen LogP contribution in [0.25, 0.3) is 0 Å². The number of H-pyrrole nitrogens is 1. The lowest BCUT2D eigenvalue weighted by Gasteiger charge is -2.25. The normalized spacial score (nSPS) is 15.2. The average molecular weight is 438 g/mol. The summed E-state index contributed by atoms with van der Waals surface area (Å²) in [6.45, 7) is 2.37. The van der Waals surface area contributed by atoms with Crippen molar-refractivity contribution in [3.05, 3.63) is 75.6 Å². The Labute approximate surface area is 184 Å². The van der Waals surface area contributed by atoms with Crippen LogP contribution in [0.5, 0.6) is 11.5 Å². The molecule has 2 aromatic carbocycles. The van der Waals surface area contributed by atoms with Crippen molar-refractivity contribution in [3.63, 3.8) is 0 Å². The van der Waals surface area contributed by atoms with Gasteiger partial charge in [-0.3, -0.25) is 9.59 Å². The van der Waals surface area contributed by atoms with Crippen LogP contribution in [0.1, 0.15) is 36.0 Å². The largest absolute Gasteiger partial charge is 0.493 e. The van der Waals surface area contributed by atoms with Gasteiger partial charge in [-0.1, -0.05) is 48.2 Å². The number of rotatable bonds is 7. The summed E-state index contributed by atoms with van der Waals surface area (Å²) >= 11 is 1.42. The number of nitrogens with one attached hydrogen (secondary N) is 2. The quantitative estimate of drug-likeness (QED) is 0.430. The summed E-state index contributed by atoms with van der Waals surface area (Å²) in [4.78, 5) is 32.8. The first-order valence-corrected chi connectivity index (χ1v) is 11.0. The van der Waals surface area contributed by atoms with Crippen LogP contribution < -0.4 is 20.3 Å². The number of benzene rings is 2. The van der Waals surface area contributed by atoms with E-state index in [0.29, 0.717) is 40.4 Å². The maximum absolute atomic E-state index is 13.0. The Balaban J connectivity index is 1.67. The van der Waals surface area contributed by atoms with Gasteiger partial charge in [0.25, 0.3) is 5.56 Å². The average Bonchev–Trinajstić information content (AvgIpc) is 2.78. The Morgan fingerprint density at radius 2 is 1.94 bits per heavy atom. The number of thioether (sulfide) groups is 1. The van der Waals surface area contributed by atoms with E-state index in [9.17, 15) is 9.59 Å². The van der Waals surface area contributed by atoms with Crippen LogP contribution in [0.2, 0.25) is 0 Å². The van der Waals surface area contributed by atoms with Crippen LogP contribution >= 0.6 is 11.8 Å². The minimum absolute atomic E-state index is 0.159. The fourth-order valence-corrected chi connectivity index (χ4v) is 4.42. The van der Waals surface area contributed by atoms with Crippen molar-refractivity contribution in [2.24, 2.45) is 0 Å². The first-order chi connectivity index (χ1) is 15.1. The molecule has 0 spiro atoms. The van der Waals surface area contributed by atoms with Crippen LogP contribution in [0.3, 0.4) is 0 Å². The van der Waals surface area contributed by atoms with Gasteiger partial charge < -0.3 is 19.8 Å². The second-order valence-electron chi connectivity index (χ2n) is 7.06. The zero-order valence-corrected chi connectivity index (χ0v) is 18.1. The van der Waals surface area contributed by atoms with Gasteiger partial charge in [0.1, 0.15) is 5.82 Å². The molecule has 0 bridgehead atoms. The van der Waals surface area contributed by atoms with E-state index in [1.54, 1.807) is 13.2 Å². The van der Waals surface area contributed by atoms with Crippen molar-refractivity contribution in [2.45, 2.75) is 30.2 Å². The summed E-state index contributed by atoms with van der Waals surface area (Å²) in [6.07, 6.45) is 0.159. The topological polar surface area (TPSA) is 93.3 Å². The molecule has 3 aromatic rings. The number of aromatic amines is 1. The summed E-state index contributed by atoms with van der Waals surface area (Å²) in [6, 6.07) is 15.4. The molecule has 0 fully saturated rings. The number of carbonyl (C=O) groups is 1. The van der Waals surface area contributed by atoms with E-state index < -0.39 is 5.92 Å². The number of nitrogens with zero attached hydrogens (tertiary/aromatic N) is 1. The SMILES string of the molecule is CCOc1cc([C@@H]2CC(=O)Nc3nc(SCc4ccccc4)[nH]c(=O)c32)ccc1OC. The van der Waals surface area contributed by atoms with Gasteiger partial charge in [0.15, 0.2) is 16.7 Å². The molecule has 160 valence electrons. The molecule has 31 heavy (non-hydrogen) atoms. The van der Waals surface area contributed by atoms with Gasteiger partial charge in [0.2, 0.25) is 5.91 Å². The molecule has 8 heteroatoms. The first-order valence-electron chi connectivity index (χ1n) is 10.0. The molecule has 2 heterocycles. The number of fused-ring (bicyclic) bond motifs is 1. The number of anilines is 1. The molecule has 1 aromatic heterocycles. The van der Waals surface area contributed by atoms with E-state index in [2.05, 4.69) is 15.3 Å². The van der Waals surface area contributed by atoms with Gasteiger partial charge in [-0.15, -0.1) is 0 Å². The molecule has 2 N–H and O–H groups in total. The molecular weight excluding hydrogens is 414 g/mol. The molecule has 1 atom stereocenters. The van der Waals surface area contributed by atoms with Crippen LogP contribution in [0.4, 0.5) is 5.82 Å². The highest BCUT2D eigenvalue weighted by Gasteiger charge is 2.31. The third-order valence-corrected chi connectivity index (χ3v) is 5.98. The lowest BCUT2D eigenvalue weighted by molar-refractivity contribution is -0.116. The number of amides is 1.